The number of pyridine rings is 1. The van der Waals surface area contributed by atoms with Gasteiger partial charge in [-0.25, -0.2) is 10.2 Å². The van der Waals surface area contributed by atoms with Crippen LogP contribution in [0.1, 0.15) is 44.6 Å². The summed E-state index contributed by atoms with van der Waals surface area (Å²) in [6, 6.07) is 6.79. The van der Waals surface area contributed by atoms with Crippen molar-refractivity contribution in [2.75, 3.05) is 13.4 Å². The highest BCUT2D eigenvalue weighted by atomic mass is 16.7. The van der Waals surface area contributed by atoms with E-state index in [2.05, 4.69) is 15.5 Å². The average Bonchev–Trinajstić information content (AvgIpc) is 3.09. The van der Waals surface area contributed by atoms with E-state index in [1.165, 1.54) is 12.3 Å². The van der Waals surface area contributed by atoms with Crippen LogP contribution in [0, 0.1) is 13.8 Å². The van der Waals surface area contributed by atoms with Gasteiger partial charge in [0.15, 0.2) is 11.5 Å². The Morgan fingerprint density at radius 3 is 2.70 bits per heavy atom. The zero-order chi connectivity index (χ0) is 19.4. The zero-order valence-electron chi connectivity index (χ0n) is 15.2. The molecule has 0 atom stereocenters. The van der Waals surface area contributed by atoms with Crippen molar-refractivity contribution in [1.82, 2.24) is 10.4 Å². The number of aryl methyl sites for hydroxylation is 2. The van der Waals surface area contributed by atoms with Gasteiger partial charge in [0.1, 0.15) is 0 Å². The quantitative estimate of drug-likeness (QED) is 0.493. The first-order chi connectivity index (χ1) is 13.0. The fraction of sp³-hybridized carbons (Fsp3) is 0.263. The topological polar surface area (TPSA) is 99.1 Å². The molecule has 0 saturated heterocycles. The van der Waals surface area contributed by atoms with E-state index in [0.717, 1.165) is 5.56 Å². The fourth-order valence-corrected chi connectivity index (χ4v) is 2.59. The number of carbonyl (C=O) groups is 2. The van der Waals surface area contributed by atoms with Crippen LogP contribution in [-0.2, 0) is 4.74 Å². The van der Waals surface area contributed by atoms with E-state index in [0.29, 0.717) is 22.9 Å². The predicted molar refractivity (Wildman–Crippen MR) is 97.3 cm³/mol. The largest absolute Gasteiger partial charge is 0.462 e. The van der Waals surface area contributed by atoms with Crippen LogP contribution in [0.4, 0.5) is 0 Å². The van der Waals surface area contributed by atoms with Gasteiger partial charge in [0.25, 0.3) is 5.91 Å². The molecule has 2 heterocycles. The van der Waals surface area contributed by atoms with Crippen LogP contribution < -0.4 is 14.9 Å². The van der Waals surface area contributed by atoms with E-state index >= 15 is 0 Å². The first-order valence-electron chi connectivity index (χ1n) is 8.38. The number of esters is 1. The van der Waals surface area contributed by atoms with Crippen LogP contribution in [0.2, 0.25) is 0 Å². The van der Waals surface area contributed by atoms with Gasteiger partial charge in [-0.15, -0.1) is 0 Å². The molecule has 1 aromatic carbocycles. The van der Waals surface area contributed by atoms with Crippen molar-refractivity contribution >= 4 is 18.1 Å². The molecule has 0 radical (unpaired) electrons. The zero-order valence-corrected chi connectivity index (χ0v) is 15.2. The highest BCUT2D eigenvalue weighted by molar-refractivity contribution is 5.99. The second-order valence-corrected chi connectivity index (χ2v) is 5.79. The van der Waals surface area contributed by atoms with Gasteiger partial charge in [-0.1, -0.05) is 0 Å². The molecule has 0 unspecified atom stereocenters. The van der Waals surface area contributed by atoms with Gasteiger partial charge in [-0.05, 0) is 50.6 Å². The summed E-state index contributed by atoms with van der Waals surface area (Å²) in [6.45, 7) is 5.53. The van der Waals surface area contributed by atoms with Crippen LogP contribution in [0.5, 0.6) is 11.5 Å². The third-order valence-corrected chi connectivity index (χ3v) is 3.92. The second kappa shape index (κ2) is 7.86. The number of hydrazone groups is 1. The maximum absolute atomic E-state index is 12.4. The Labute approximate surface area is 156 Å². The molecule has 0 bridgehead atoms. The van der Waals surface area contributed by atoms with Gasteiger partial charge in [0.2, 0.25) is 6.79 Å². The average molecular weight is 369 g/mol. The molecular weight excluding hydrogens is 350 g/mol. The van der Waals surface area contributed by atoms with Gasteiger partial charge in [-0.3, -0.25) is 9.78 Å². The lowest BCUT2D eigenvalue weighted by Gasteiger charge is -2.09. The van der Waals surface area contributed by atoms with Gasteiger partial charge in [0, 0.05) is 0 Å². The fourth-order valence-electron chi connectivity index (χ4n) is 2.59. The molecule has 27 heavy (non-hydrogen) atoms. The molecule has 0 saturated carbocycles. The molecule has 1 aromatic heterocycles. The molecule has 8 nitrogen and oxygen atoms in total. The third-order valence-electron chi connectivity index (χ3n) is 3.92. The summed E-state index contributed by atoms with van der Waals surface area (Å²) >= 11 is 0. The molecule has 1 aliphatic rings. The Morgan fingerprint density at radius 2 is 1.93 bits per heavy atom. The number of carbonyl (C=O) groups excluding carboxylic acids is 2. The summed E-state index contributed by atoms with van der Waals surface area (Å²) in [6.07, 6.45) is 1.49. The molecule has 0 fully saturated rings. The normalized spacial score (nSPS) is 12.3. The Morgan fingerprint density at radius 1 is 1.19 bits per heavy atom. The number of amides is 1. The Kier molecular flexibility index (Phi) is 5.35. The summed E-state index contributed by atoms with van der Waals surface area (Å²) in [5, 5.41) is 3.95. The van der Waals surface area contributed by atoms with Crippen molar-refractivity contribution in [3.05, 3.63) is 52.3 Å². The highest BCUT2D eigenvalue weighted by Crippen LogP contribution is 2.31. The summed E-state index contributed by atoms with van der Waals surface area (Å²) in [7, 11) is 0. The van der Waals surface area contributed by atoms with E-state index in [4.69, 9.17) is 14.2 Å². The van der Waals surface area contributed by atoms with Crippen LogP contribution in [0.25, 0.3) is 0 Å². The second-order valence-electron chi connectivity index (χ2n) is 5.79. The summed E-state index contributed by atoms with van der Waals surface area (Å²) in [5.74, 6) is 0.315. The first kappa shape index (κ1) is 18.4. The van der Waals surface area contributed by atoms with Crippen molar-refractivity contribution < 1.29 is 23.8 Å². The Hall–Kier alpha value is -3.42. The monoisotopic (exact) mass is 369 g/mol. The molecule has 2 aromatic rings. The number of aromatic nitrogens is 1. The molecule has 1 N–H and O–H groups in total. The standard InChI is InChI=1S/C19H19N3O5/c1-4-25-19(24)15-8-14(11(2)21-12(15)3)18(23)22-20-9-13-5-6-16-17(7-13)27-10-26-16/h5-9H,4,10H2,1-3H3,(H,22,23). The van der Waals surface area contributed by atoms with E-state index in [-0.39, 0.29) is 24.5 Å². The summed E-state index contributed by atoms with van der Waals surface area (Å²) < 4.78 is 15.5. The van der Waals surface area contributed by atoms with E-state index in [9.17, 15) is 9.59 Å². The maximum atomic E-state index is 12.4. The lowest BCUT2D eigenvalue weighted by Crippen LogP contribution is -2.21. The molecule has 8 heteroatoms. The smallest absolute Gasteiger partial charge is 0.339 e. The van der Waals surface area contributed by atoms with Crippen molar-refractivity contribution in [2.45, 2.75) is 20.8 Å². The molecular formula is C19H19N3O5. The SMILES string of the molecule is CCOC(=O)c1cc(C(=O)NN=Cc2ccc3c(c2)OCO3)c(C)nc1C. The van der Waals surface area contributed by atoms with E-state index in [1.54, 1.807) is 39.0 Å². The number of fused-ring (bicyclic) bond motifs is 1. The van der Waals surface area contributed by atoms with Gasteiger partial charge in [-0.2, -0.15) is 5.10 Å². The number of benzene rings is 1. The minimum absolute atomic E-state index is 0.190. The van der Waals surface area contributed by atoms with Gasteiger partial charge >= 0.3 is 5.97 Å². The molecule has 1 amide bonds. The number of hydrogen-bond donors (Lipinski definition) is 1. The van der Waals surface area contributed by atoms with E-state index in [1.807, 2.05) is 0 Å². The number of nitrogens with zero attached hydrogens (tertiary/aromatic N) is 2. The van der Waals surface area contributed by atoms with Gasteiger partial charge in [0.05, 0.1) is 35.3 Å². The Balaban J connectivity index is 1.74. The minimum atomic E-state index is -0.514. The first-order valence-corrected chi connectivity index (χ1v) is 8.38. The third kappa shape index (κ3) is 4.05. The minimum Gasteiger partial charge on any atom is -0.462 e. The maximum Gasteiger partial charge on any atom is 0.339 e. The van der Waals surface area contributed by atoms with Crippen molar-refractivity contribution in [1.29, 1.82) is 0 Å². The molecule has 3 rings (SSSR count). The van der Waals surface area contributed by atoms with Crippen LogP contribution in [-0.4, -0.2) is 36.5 Å². The lowest BCUT2D eigenvalue weighted by atomic mass is 10.1. The highest BCUT2D eigenvalue weighted by Gasteiger charge is 2.18. The number of rotatable bonds is 5. The van der Waals surface area contributed by atoms with Crippen molar-refractivity contribution in [3.63, 3.8) is 0 Å². The molecule has 140 valence electrons. The van der Waals surface area contributed by atoms with Crippen LogP contribution in [0.15, 0.2) is 29.4 Å². The number of hydrogen-bond acceptors (Lipinski definition) is 7. The molecule has 1 aliphatic heterocycles. The number of nitrogens with one attached hydrogen (secondary N) is 1. The molecule has 0 spiro atoms. The predicted octanol–water partition coefficient (Wildman–Crippen LogP) is 2.37. The van der Waals surface area contributed by atoms with Gasteiger partial charge < -0.3 is 14.2 Å². The summed E-state index contributed by atoms with van der Waals surface area (Å²) in [4.78, 5) is 28.7. The van der Waals surface area contributed by atoms with E-state index < -0.39 is 11.9 Å². The van der Waals surface area contributed by atoms with Crippen LogP contribution >= 0.6 is 0 Å². The Bertz CT molecular complexity index is 924. The number of ether oxygens (including phenoxy) is 3. The van der Waals surface area contributed by atoms with Crippen molar-refractivity contribution in [2.24, 2.45) is 5.10 Å². The molecule has 0 aliphatic carbocycles. The summed E-state index contributed by atoms with van der Waals surface area (Å²) in [5.41, 5.74) is 4.70. The van der Waals surface area contributed by atoms with Crippen molar-refractivity contribution in [3.8, 4) is 11.5 Å². The van der Waals surface area contributed by atoms with Crippen LogP contribution in [0.3, 0.4) is 0 Å². The lowest BCUT2D eigenvalue weighted by molar-refractivity contribution is 0.0525.